The number of aromatic nitrogens is 1. The number of carbonyl (C=O) groups is 1. The van der Waals surface area contributed by atoms with E-state index in [0.717, 1.165) is 10.9 Å². The number of rotatable bonds is 2. The lowest BCUT2D eigenvalue weighted by Gasteiger charge is -2.01. The summed E-state index contributed by atoms with van der Waals surface area (Å²) in [7, 11) is 0. The third-order valence-electron chi connectivity index (χ3n) is 2.82. The highest BCUT2D eigenvalue weighted by Gasteiger charge is 2.11. The zero-order valence-corrected chi connectivity index (χ0v) is 8.83. The number of hydrogen-bond acceptors (Lipinski definition) is 1. The number of carbonyl (C=O) groups excluding carboxylic acids is 1. The average molecular weight is 228 g/mol. The molecule has 0 aliphatic rings. The number of amides is 1. The van der Waals surface area contributed by atoms with Crippen LogP contribution in [0.1, 0.15) is 0 Å². The summed E-state index contributed by atoms with van der Waals surface area (Å²) in [6.07, 6.45) is 0.582. The topological polar surface area (TPSA) is 44.9 Å². The van der Waals surface area contributed by atoms with Gasteiger partial charge in [-0.25, -0.2) is 4.39 Å². The van der Waals surface area contributed by atoms with Gasteiger partial charge in [-0.2, -0.15) is 0 Å². The number of hydrogen-bond donors (Lipinski definition) is 2. The second-order valence-corrected chi connectivity index (χ2v) is 3.78. The molecule has 2 aromatic carbocycles. The van der Waals surface area contributed by atoms with Crippen molar-refractivity contribution >= 4 is 33.9 Å². The lowest BCUT2D eigenvalue weighted by molar-refractivity contribution is -0.105. The largest absolute Gasteiger partial charge is 0.353 e. The van der Waals surface area contributed by atoms with Gasteiger partial charge in [0.25, 0.3) is 0 Å². The number of aromatic amines is 1. The molecule has 0 bridgehead atoms. The number of fused-ring (bicyclic) bond motifs is 3. The first-order chi connectivity index (χ1) is 8.31. The van der Waals surface area contributed by atoms with E-state index < -0.39 is 0 Å². The molecule has 17 heavy (non-hydrogen) atoms. The summed E-state index contributed by atoms with van der Waals surface area (Å²) in [6, 6.07) is 10.4. The fraction of sp³-hybridized carbons (Fsp3) is 0. The SMILES string of the molecule is O=CNc1ccc(F)c2c1[nH]c1ccccc12. The molecular weight excluding hydrogens is 219 g/mol. The smallest absolute Gasteiger partial charge is 0.211 e. The minimum atomic E-state index is -0.297. The van der Waals surface area contributed by atoms with Gasteiger partial charge < -0.3 is 10.3 Å². The lowest BCUT2D eigenvalue weighted by atomic mass is 10.1. The van der Waals surface area contributed by atoms with E-state index in [1.54, 1.807) is 6.07 Å². The fourth-order valence-corrected chi connectivity index (χ4v) is 2.10. The summed E-state index contributed by atoms with van der Waals surface area (Å²) in [4.78, 5) is 13.6. The zero-order chi connectivity index (χ0) is 11.8. The number of anilines is 1. The molecule has 0 spiro atoms. The molecule has 0 fully saturated rings. The standard InChI is InChI=1S/C13H9FN2O/c14-9-5-6-11(15-7-17)13-12(9)8-3-1-2-4-10(8)16-13/h1-7,16H,(H,15,17). The van der Waals surface area contributed by atoms with Gasteiger partial charge in [-0.1, -0.05) is 18.2 Å². The number of benzene rings is 2. The highest BCUT2D eigenvalue weighted by atomic mass is 19.1. The summed E-state index contributed by atoms with van der Waals surface area (Å²) >= 11 is 0. The van der Waals surface area contributed by atoms with Crippen molar-refractivity contribution in [3.05, 3.63) is 42.2 Å². The van der Waals surface area contributed by atoms with Crippen molar-refractivity contribution in [2.24, 2.45) is 0 Å². The molecule has 0 saturated heterocycles. The molecule has 3 nitrogen and oxygen atoms in total. The molecule has 1 amide bonds. The van der Waals surface area contributed by atoms with Crippen LogP contribution in [0.5, 0.6) is 0 Å². The van der Waals surface area contributed by atoms with E-state index in [1.807, 2.05) is 24.3 Å². The van der Waals surface area contributed by atoms with Gasteiger partial charge in [0.2, 0.25) is 6.41 Å². The molecule has 4 heteroatoms. The molecule has 0 atom stereocenters. The van der Waals surface area contributed by atoms with Crippen LogP contribution in [0.4, 0.5) is 10.1 Å². The summed E-state index contributed by atoms with van der Waals surface area (Å²) in [5.74, 6) is -0.297. The van der Waals surface area contributed by atoms with Gasteiger partial charge in [-0.05, 0) is 18.2 Å². The molecule has 84 valence electrons. The molecule has 0 saturated carbocycles. The van der Waals surface area contributed by atoms with Crippen molar-refractivity contribution in [2.75, 3.05) is 5.32 Å². The monoisotopic (exact) mass is 228 g/mol. The Balaban J connectivity index is 2.49. The Morgan fingerprint density at radius 3 is 2.82 bits per heavy atom. The maximum absolute atomic E-state index is 13.8. The van der Waals surface area contributed by atoms with Crippen molar-refractivity contribution in [2.45, 2.75) is 0 Å². The van der Waals surface area contributed by atoms with Crippen molar-refractivity contribution < 1.29 is 9.18 Å². The maximum Gasteiger partial charge on any atom is 0.211 e. The van der Waals surface area contributed by atoms with Crippen molar-refractivity contribution in [3.63, 3.8) is 0 Å². The van der Waals surface area contributed by atoms with E-state index in [-0.39, 0.29) is 5.82 Å². The normalized spacial score (nSPS) is 10.9. The first-order valence-corrected chi connectivity index (χ1v) is 5.20. The Hall–Kier alpha value is -2.36. The quantitative estimate of drug-likeness (QED) is 0.650. The molecule has 1 heterocycles. The van der Waals surface area contributed by atoms with Gasteiger partial charge in [0.15, 0.2) is 0 Å². The van der Waals surface area contributed by atoms with Gasteiger partial charge in [0, 0.05) is 16.3 Å². The second kappa shape index (κ2) is 3.59. The number of H-pyrrole nitrogens is 1. The highest BCUT2D eigenvalue weighted by Crippen LogP contribution is 2.31. The number of nitrogens with one attached hydrogen (secondary N) is 2. The van der Waals surface area contributed by atoms with Crippen LogP contribution in [0.3, 0.4) is 0 Å². The van der Waals surface area contributed by atoms with E-state index in [2.05, 4.69) is 10.3 Å². The lowest BCUT2D eigenvalue weighted by Crippen LogP contribution is -1.95. The minimum Gasteiger partial charge on any atom is -0.353 e. The van der Waals surface area contributed by atoms with Gasteiger partial charge in [0.05, 0.1) is 11.2 Å². The molecule has 0 aliphatic carbocycles. The van der Waals surface area contributed by atoms with E-state index in [9.17, 15) is 9.18 Å². The molecule has 0 radical (unpaired) electrons. The summed E-state index contributed by atoms with van der Waals surface area (Å²) in [6.45, 7) is 0. The predicted molar refractivity (Wildman–Crippen MR) is 65.4 cm³/mol. The molecule has 0 aliphatic heterocycles. The molecule has 3 rings (SSSR count). The molecule has 2 N–H and O–H groups in total. The molecule has 0 unspecified atom stereocenters. The average Bonchev–Trinajstić information content (AvgIpc) is 2.73. The van der Waals surface area contributed by atoms with Gasteiger partial charge >= 0.3 is 0 Å². The zero-order valence-electron chi connectivity index (χ0n) is 8.83. The van der Waals surface area contributed by atoms with Crippen molar-refractivity contribution in [3.8, 4) is 0 Å². The van der Waals surface area contributed by atoms with Crippen LogP contribution in [0, 0.1) is 5.82 Å². The Morgan fingerprint density at radius 1 is 1.18 bits per heavy atom. The van der Waals surface area contributed by atoms with Crippen LogP contribution in [-0.4, -0.2) is 11.4 Å². The Morgan fingerprint density at radius 2 is 2.00 bits per heavy atom. The van der Waals surface area contributed by atoms with E-state index in [4.69, 9.17) is 0 Å². The number of para-hydroxylation sites is 1. The Bertz CT molecular complexity index is 718. The van der Waals surface area contributed by atoms with Crippen LogP contribution < -0.4 is 5.32 Å². The first-order valence-electron chi connectivity index (χ1n) is 5.20. The van der Waals surface area contributed by atoms with Gasteiger partial charge in [-0.15, -0.1) is 0 Å². The minimum absolute atomic E-state index is 0.297. The second-order valence-electron chi connectivity index (χ2n) is 3.78. The molecular formula is C13H9FN2O. The van der Waals surface area contributed by atoms with E-state index in [1.165, 1.54) is 6.07 Å². The van der Waals surface area contributed by atoms with Crippen LogP contribution in [-0.2, 0) is 4.79 Å². The summed E-state index contributed by atoms with van der Waals surface area (Å²) in [5.41, 5.74) is 2.03. The maximum atomic E-state index is 13.8. The van der Waals surface area contributed by atoms with E-state index >= 15 is 0 Å². The fourth-order valence-electron chi connectivity index (χ4n) is 2.10. The Kier molecular flexibility index (Phi) is 2.08. The van der Waals surface area contributed by atoms with Gasteiger partial charge in [0.1, 0.15) is 5.82 Å². The Labute approximate surface area is 96.2 Å². The van der Waals surface area contributed by atoms with Crippen LogP contribution in [0.2, 0.25) is 0 Å². The third kappa shape index (κ3) is 1.38. The molecule has 1 aromatic heterocycles. The van der Waals surface area contributed by atoms with Crippen LogP contribution in [0.15, 0.2) is 36.4 Å². The summed E-state index contributed by atoms with van der Waals surface area (Å²) < 4.78 is 13.8. The number of halogens is 1. The highest BCUT2D eigenvalue weighted by molar-refractivity contribution is 6.12. The van der Waals surface area contributed by atoms with Crippen LogP contribution in [0.25, 0.3) is 21.8 Å². The van der Waals surface area contributed by atoms with E-state index in [0.29, 0.717) is 23.0 Å². The summed E-state index contributed by atoms with van der Waals surface area (Å²) in [5, 5.41) is 3.88. The van der Waals surface area contributed by atoms with Gasteiger partial charge in [-0.3, -0.25) is 4.79 Å². The van der Waals surface area contributed by atoms with Crippen molar-refractivity contribution in [1.82, 2.24) is 4.98 Å². The van der Waals surface area contributed by atoms with Crippen LogP contribution >= 0.6 is 0 Å². The predicted octanol–water partition coefficient (Wildman–Crippen LogP) is 3.03. The first kappa shape index (κ1) is 9.84. The third-order valence-corrected chi connectivity index (χ3v) is 2.82. The molecule has 3 aromatic rings. The van der Waals surface area contributed by atoms with Crippen molar-refractivity contribution in [1.29, 1.82) is 0 Å².